The van der Waals surface area contributed by atoms with Crippen LogP contribution in [0.2, 0.25) is 0 Å². The molecule has 7 nitrogen and oxygen atoms in total. The highest BCUT2D eigenvalue weighted by Crippen LogP contribution is 2.37. The molecule has 2 aromatic heterocycles. The number of aromatic nitrogens is 3. The summed E-state index contributed by atoms with van der Waals surface area (Å²) in [5, 5.41) is 7.05. The van der Waals surface area contributed by atoms with Gasteiger partial charge in [-0.3, -0.25) is 14.6 Å². The second-order valence-electron chi connectivity index (χ2n) is 5.89. The highest BCUT2D eigenvalue weighted by atomic mass is 16.2. The quantitative estimate of drug-likeness (QED) is 0.805. The molecule has 1 atom stereocenters. The van der Waals surface area contributed by atoms with E-state index in [1.807, 2.05) is 4.90 Å². The van der Waals surface area contributed by atoms with Crippen LogP contribution in [-0.4, -0.2) is 50.9 Å². The second kappa shape index (κ2) is 4.28. The Hall–Kier alpha value is -2.44. The lowest BCUT2D eigenvalue weighted by Gasteiger charge is -2.21. The van der Waals surface area contributed by atoms with E-state index in [-0.39, 0.29) is 17.2 Å². The Bertz CT molecular complexity index is 740. The fourth-order valence-electron chi connectivity index (χ4n) is 3.32. The molecule has 21 heavy (non-hydrogen) atoms. The molecule has 2 aliphatic rings. The van der Waals surface area contributed by atoms with Gasteiger partial charge in [-0.15, -0.1) is 0 Å². The van der Waals surface area contributed by atoms with E-state index in [0.717, 1.165) is 6.42 Å². The van der Waals surface area contributed by atoms with Gasteiger partial charge in [-0.1, -0.05) is 0 Å². The first kappa shape index (κ1) is 12.3. The van der Waals surface area contributed by atoms with Crippen molar-refractivity contribution < 1.29 is 9.59 Å². The summed E-state index contributed by atoms with van der Waals surface area (Å²) in [5.74, 6) is 0.0544. The maximum Gasteiger partial charge on any atom is 0.257 e. The summed E-state index contributed by atoms with van der Waals surface area (Å²) >= 11 is 0. The summed E-state index contributed by atoms with van der Waals surface area (Å²) in [5.41, 5.74) is 1.20. The van der Waals surface area contributed by atoms with Gasteiger partial charge in [0.25, 0.3) is 5.91 Å². The molecule has 1 N–H and O–H groups in total. The van der Waals surface area contributed by atoms with Crippen LogP contribution in [0.5, 0.6) is 0 Å². The topological polar surface area (TPSA) is 79.6 Å². The molecule has 2 aromatic rings. The zero-order chi connectivity index (χ0) is 14.4. The summed E-state index contributed by atoms with van der Waals surface area (Å²) in [7, 11) is 0. The summed E-state index contributed by atoms with van der Waals surface area (Å²) in [6.45, 7) is 1.99. The van der Waals surface area contributed by atoms with Crippen LogP contribution >= 0.6 is 0 Å². The fourth-order valence-corrected chi connectivity index (χ4v) is 3.32. The number of amides is 2. The number of rotatable bonds is 1. The molecular formula is C14H15N5O2. The molecule has 2 amide bonds. The molecular weight excluding hydrogens is 270 g/mol. The molecule has 2 aliphatic heterocycles. The number of carbonyl (C=O) groups excluding carboxylic acids is 2. The molecule has 108 valence electrons. The minimum Gasteiger partial charge on any atom is -0.355 e. The van der Waals surface area contributed by atoms with Crippen LogP contribution in [0, 0.1) is 5.41 Å². The molecule has 4 heterocycles. The average Bonchev–Trinajstić information content (AvgIpc) is 3.18. The van der Waals surface area contributed by atoms with Gasteiger partial charge in [-0.2, -0.15) is 5.10 Å². The standard InChI is InChI=1S/C14H15N5O2/c20-12-5-14(8-16-12)1-3-18(9-14)13(21)10-6-17-19-4-2-15-7-11(10)19/h2,4,6-7H,1,3,5,8-9H2,(H,16,20). The molecule has 0 saturated carbocycles. The highest BCUT2D eigenvalue weighted by molar-refractivity contribution is 6.00. The van der Waals surface area contributed by atoms with Crippen molar-refractivity contribution in [2.24, 2.45) is 5.41 Å². The van der Waals surface area contributed by atoms with Crippen LogP contribution in [-0.2, 0) is 4.79 Å². The van der Waals surface area contributed by atoms with Gasteiger partial charge in [0.2, 0.25) is 5.91 Å². The zero-order valence-electron chi connectivity index (χ0n) is 11.5. The van der Waals surface area contributed by atoms with Crippen molar-refractivity contribution in [3.8, 4) is 0 Å². The first-order valence-electron chi connectivity index (χ1n) is 7.00. The molecule has 1 unspecified atom stereocenters. The Balaban J connectivity index is 1.60. The van der Waals surface area contributed by atoms with E-state index in [1.165, 1.54) is 0 Å². The van der Waals surface area contributed by atoms with Gasteiger partial charge in [-0.25, -0.2) is 4.52 Å². The van der Waals surface area contributed by atoms with Crippen molar-refractivity contribution in [2.45, 2.75) is 12.8 Å². The predicted molar refractivity (Wildman–Crippen MR) is 73.6 cm³/mol. The fraction of sp³-hybridized carbons (Fsp3) is 0.429. The predicted octanol–water partition coefficient (Wildman–Crippen LogP) is 0.0815. The van der Waals surface area contributed by atoms with Crippen LogP contribution in [0.4, 0.5) is 0 Å². The van der Waals surface area contributed by atoms with Crippen LogP contribution in [0.1, 0.15) is 23.2 Å². The monoisotopic (exact) mass is 285 g/mol. The van der Waals surface area contributed by atoms with Crippen LogP contribution in [0.3, 0.4) is 0 Å². The first-order chi connectivity index (χ1) is 10.2. The van der Waals surface area contributed by atoms with Crippen molar-refractivity contribution in [2.75, 3.05) is 19.6 Å². The molecule has 0 aromatic carbocycles. The normalized spacial score (nSPS) is 25.0. The third kappa shape index (κ3) is 1.88. The van der Waals surface area contributed by atoms with Gasteiger partial charge < -0.3 is 10.2 Å². The molecule has 2 saturated heterocycles. The Morgan fingerprint density at radius 2 is 2.29 bits per heavy atom. The van der Waals surface area contributed by atoms with Crippen molar-refractivity contribution in [1.29, 1.82) is 0 Å². The van der Waals surface area contributed by atoms with Crippen LogP contribution in [0.25, 0.3) is 5.52 Å². The van der Waals surface area contributed by atoms with Gasteiger partial charge in [0.15, 0.2) is 0 Å². The number of nitrogens with zero attached hydrogens (tertiary/aromatic N) is 4. The van der Waals surface area contributed by atoms with E-state index in [1.54, 1.807) is 29.3 Å². The Morgan fingerprint density at radius 3 is 3.10 bits per heavy atom. The SMILES string of the molecule is O=C1CC2(CCN(C(=O)c3cnn4ccncc34)C2)CN1. The second-order valence-corrected chi connectivity index (χ2v) is 5.89. The van der Waals surface area contributed by atoms with E-state index in [0.29, 0.717) is 37.1 Å². The zero-order valence-corrected chi connectivity index (χ0v) is 11.5. The van der Waals surface area contributed by atoms with Crippen molar-refractivity contribution >= 4 is 17.3 Å². The van der Waals surface area contributed by atoms with E-state index in [4.69, 9.17) is 0 Å². The van der Waals surface area contributed by atoms with Gasteiger partial charge >= 0.3 is 0 Å². The summed E-state index contributed by atoms with van der Waals surface area (Å²) < 4.78 is 1.65. The highest BCUT2D eigenvalue weighted by Gasteiger charge is 2.45. The Kier molecular flexibility index (Phi) is 2.51. The van der Waals surface area contributed by atoms with Crippen molar-refractivity contribution in [1.82, 2.24) is 24.8 Å². The number of likely N-dealkylation sites (tertiary alicyclic amines) is 1. The Morgan fingerprint density at radius 1 is 1.38 bits per heavy atom. The molecule has 7 heteroatoms. The molecule has 1 spiro atoms. The minimum atomic E-state index is -0.0754. The molecule has 0 aliphatic carbocycles. The van der Waals surface area contributed by atoms with Crippen molar-refractivity contribution in [3.63, 3.8) is 0 Å². The summed E-state index contributed by atoms with van der Waals surface area (Å²) in [6, 6.07) is 0. The van der Waals surface area contributed by atoms with E-state index >= 15 is 0 Å². The van der Waals surface area contributed by atoms with Crippen LogP contribution in [0.15, 0.2) is 24.8 Å². The molecule has 0 radical (unpaired) electrons. The number of hydrogen-bond donors (Lipinski definition) is 1. The van der Waals surface area contributed by atoms with E-state index < -0.39 is 0 Å². The maximum atomic E-state index is 12.7. The van der Waals surface area contributed by atoms with E-state index in [2.05, 4.69) is 15.4 Å². The number of carbonyl (C=O) groups is 2. The number of hydrogen-bond acceptors (Lipinski definition) is 4. The molecule has 2 fully saturated rings. The van der Waals surface area contributed by atoms with Gasteiger partial charge in [0.1, 0.15) is 0 Å². The lowest BCUT2D eigenvalue weighted by Crippen LogP contribution is -2.33. The Labute approximate surface area is 120 Å². The lowest BCUT2D eigenvalue weighted by molar-refractivity contribution is -0.119. The van der Waals surface area contributed by atoms with Gasteiger partial charge in [0.05, 0.1) is 23.5 Å². The molecule has 4 rings (SSSR count). The average molecular weight is 285 g/mol. The molecule has 0 bridgehead atoms. The van der Waals surface area contributed by atoms with Crippen molar-refractivity contribution in [3.05, 3.63) is 30.4 Å². The smallest absolute Gasteiger partial charge is 0.257 e. The third-order valence-electron chi connectivity index (χ3n) is 4.48. The largest absolute Gasteiger partial charge is 0.355 e. The lowest BCUT2D eigenvalue weighted by atomic mass is 9.86. The van der Waals surface area contributed by atoms with Gasteiger partial charge in [-0.05, 0) is 6.42 Å². The van der Waals surface area contributed by atoms with Crippen LogP contribution < -0.4 is 5.32 Å². The third-order valence-corrected chi connectivity index (χ3v) is 4.48. The maximum absolute atomic E-state index is 12.7. The summed E-state index contributed by atoms with van der Waals surface area (Å²) in [4.78, 5) is 30.0. The number of nitrogens with one attached hydrogen (secondary N) is 1. The van der Waals surface area contributed by atoms with Gasteiger partial charge in [0, 0.05) is 43.9 Å². The minimum absolute atomic E-state index is 0.0331. The van der Waals surface area contributed by atoms with E-state index in [9.17, 15) is 9.59 Å². The number of fused-ring (bicyclic) bond motifs is 1. The summed E-state index contributed by atoms with van der Waals surface area (Å²) in [6.07, 6.45) is 7.98. The first-order valence-corrected chi connectivity index (χ1v) is 7.00.